The smallest absolute Gasteiger partial charge is 0.321 e. The van der Waals surface area contributed by atoms with Crippen molar-refractivity contribution in [3.8, 4) is 0 Å². The van der Waals surface area contributed by atoms with Crippen LogP contribution in [0.15, 0.2) is 0 Å². The second kappa shape index (κ2) is 8.12. The van der Waals surface area contributed by atoms with E-state index in [4.69, 9.17) is 0 Å². The van der Waals surface area contributed by atoms with Crippen LogP contribution in [0.4, 0.5) is 4.79 Å². The molecule has 19 heavy (non-hydrogen) atoms. The predicted octanol–water partition coefficient (Wildman–Crippen LogP) is 0.295. The Morgan fingerprint density at radius 3 is 2.79 bits per heavy atom. The molecule has 2 atom stereocenters. The topological polar surface area (TPSA) is 73.5 Å². The van der Waals surface area contributed by atoms with Crippen LogP contribution >= 0.6 is 0 Å². The molecule has 0 bridgehead atoms. The summed E-state index contributed by atoms with van der Waals surface area (Å²) in [5.74, 6) is -0.240. The SMILES string of the molecule is CCCNC1CCCN(C(C)C(=O)NC(=O)NC)C1. The third-order valence-corrected chi connectivity index (χ3v) is 3.53. The highest BCUT2D eigenvalue weighted by Gasteiger charge is 2.27. The zero-order valence-corrected chi connectivity index (χ0v) is 12.2. The van der Waals surface area contributed by atoms with Gasteiger partial charge >= 0.3 is 6.03 Å². The van der Waals surface area contributed by atoms with Crippen molar-refractivity contribution in [3.05, 3.63) is 0 Å². The summed E-state index contributed by atoms with van der Waals surface area (Å²) in [4.78, 5) is 25.2. The number of imide groups is 1. The lowest BCUT2D eigenvalue weighted by Gasteiger charge is -2.36. The average molecular weight is 270 g/mol. The van der Waals surface area contributed by atoms with Gasteiger partial charge in [0.2, 0.25) is 5.91 Å². The first-order chi connectivity index (χ1) is 9.08. The van der Waals surface area contributed by atoms with Gasteiger partial charge in [-0.25, -0.2) is 4.79 Å². The molecule has 0 aromatic heterocycles. The molecule has 1 saturated heterocycles. The minimum Gasteiger partial charge on any atom is -0.341 e. The van der Waals surface area contributed by atoms with E-state index in [2.05, 4.69) is 27.8 Å². The number of hydrogen-bond acceptors (Lipinski definition) is 4. The molecule has 3 N–H and O–H groups in total. The summed E-state index contributed by atoms with van der Waals surface area (Å²) >= 11 is 0. The Labute approximate surface area is 115 Å². The molecule has 110 valence electrons. The molecule has 1 fully saturated rings. The Morgan fingerprint density at radius 1 is 1.42 bits per heavy atom. The molecule has 0 aromatic rings. The highest BCUT2D eigenvalue weighted by molar-refractivity contribution is 5.96. The number of piperidine rings is 1. The van der Waals surface area contributed by atoms with E-state index >= 15 is 0 Å². The fraction of sp³-hybridized carbons (Fsp3) is 0.846. The van der Waals surface area contributed by atoms with Gasteiger partial charge in [0.25, 0.3) is 0 Å². The lowest BCUT2D eigenvalue weighted by Crippen LogP contribution is -2.54. The molecular weight excluding hydrogens is 244 g/mol. The maximum Gasteiger partial charge on any atom is 0.321 e. The number of hydrogen-bond donors (Lipinski definition) is 3. The standard InChI is InChI=1S/C13H26N4O2/c1-4-7-15-11-6-5-8-17(9-11)10(2)12(18)16-13(19)14-3/h10-11,15H,4-9H2,1-3H3,(H2,14,16,18,19). The van der Waals surface area contributed by atoms with E-state index in [-0.39, 0.29) is 11.9 Å². The van der Waals surface area contributed by atoms with Crippen LogP contribution in [0.1, 0.15) is 33.1 Å². The van der Waals surface area contributed by atoms with Crippen molar-refractivity contribution in [1.82, 2.24) is 20.9 Å². The first kappa shape index (κ1) is 15.9. The Kier molecular flexibility index (Phi) is 6.80. The second-order valence-corrected chi connectivity index (χ2v) is 5.03. The van der Waals surface area contributed by atoms with Crippen LogP contribution in [0, 0.1) is 0 Å². The summed E-state index contributed by atoms with van der Waals surface area (Å²) < 4.78 is 0. The number of amides is 3. The number of nitrogens with one attached hydrogen (secondary N) is 3. The molecule has 1 aliphatic heterocycles. The van der Waals surface area contributed by atoms with Crippen LogP contribution in [0.25, 0.3) is 0 Å². The number of nitrogens with zero attached hydrogens (tertiary/aromatic N) is 1. The zero-order valence-electron chi connectivity index (χ0n) is 12.2. The van der Waals surface area contributed by atoms with Crippen molar-refractivity contribution in [3.63, 3.8) is 0 Å². The summed E-state index contributed by atoms with van der Waals surface area (Å²) in [6, 6.07) is -0.276. The average Bonchev–Trinajstić information content (AvgIpc) is 2.44. The van der Waals surface area contributed by atoms with Crippen LogP contribution in [-0.2, 0) is 4.79 Å². The fourth-order valence-corrected chi connectivity index (χ4v) is 2.32. The van der Waals surface area contributed by atoms with E-state index in [1.54, 1.807) is 0 Å². The number of carbonyl (C=O) groups excluding carboxylic acids is 2. The highest BCUT2D eigenvalue weighted by Crippen LogP contribution is 2.13. The van der Waals surface area contributed by atoms with E-state index in [1.807, 2.05) is 6.92 Å². The summed E-state index contributed by atoms with van der Waals surface area (Å²) in [5, 5.41) is 8.22. The Morgan fingerprint density at radius 2 is 2.16 bits per heavy atom. The van der Waals surface area contributed by atoms with Crippen molar-refractivity contribution in [2.75, 3.05) is 26.7 Å². The number of likely N-dealkylation sites (tertiary alicyclic amines) is 1. The molecule has 6 nitrogen and oxygen atoms in total. The van der Waals surface area contributed by atoms with Gasteiger partial charge in [0, 0.05) is 19.6 Å². The van der Waals surface area contributed by atoms with Gasteiger partial charge in [-0.2, -0.15) is 0 Å². The van der Waals surface area contributed by atoms with Gasteiger partial charge in [-0.3, -0.25) is 15.0 Å². The van der Waals surface area contributed by atoms with Gasteiger partial charge in [0.05, 0.1) is 6.04 Å². The van der Waals surface area contributed by atoms with Crippen molar-refractivity contribution < 1.29 is 9.59 Å². The van der Waals surface area contributed by atoms with E-state index in [0.717, 1.165) is 38.9 Å². The van der Waals surface area contributed by atoms with Gasteiger partial charge in [-0.1, -0.05) is 6.92 Å². The lowest BCUT2D eigenvalue weighted by atomic mass is 10.0. The molecule has 1 rings (SSSR count). The monoisotopic (exact) mass is 270 g/mol. The van der Waals surface area contributed by atoms with Crippen LogP contribution in [0.3, 0.4) is 0 Å². The lowest BCUT2D eigenvalue weighted by molar-refractivity contribution is -0.125. The molecule has 3 amide bonds. The van der Waals surface area contributed by atoms with Crippen molar-refractivity contribution in [2.24, 2.45) is 0 Å². The van der Waals surface area contributed by atoms with Gasteiger partial charge in [-0.15, -0.1) is 0 Å². The van der Waals surface area contributed by atoms with Crippen LogP contribution in [-0.4, -0.2) is 55.6 Å². The predicted molar refractivity (Wildman–Crippen MR) is 74.9 cm³/mol. The van der Waals surface area contributed by atoms with Crippen molar-refractivity contribution in [2.45, 2.75) is 45.2 Å². The molecular formula is C13H26N4O2. The van der Waals surface area contributed by atoms with E-state index in [9.17, 15) is 9.59 Å². The van der Waals surface area contributed by atoms with Gasteiger partial charge in [0.15, 0.2) is 0 Å². The van der Waals surface area contributed by atoms with Crippen LogP contribution in [0.5, 0.6) is 0 Å². The third-order valence-electron chi connectivity index (χ3n) is 3.53. The maximum atomic E-state index is 11.9. The number of carbonyl (C=O) groups is 2. The van der Waals surface area contributed by atoms with Crippen LogP contribution < -0.4 is 16.0 Å². The number of urea groups is 1. The molecule has 1 aliphatic rings. The fourth-order valence-electron chi connectivity index (χ4n) is 2.32. The maximum absolute atomic E-state index is 11.9. The summed E-state index contributed by atoms with van der Waals surface area (Å²) in [5.41, 5.74) is 0. The van der Waals surface area contributed by atoms with E-state index < -0.39 is 6.03 Å². The number of rotatable bonds is 5. The minimum atomic E-state index is -0.450. The van der Waals surface area contributed by atoms with Crippen LogP contribution in [0.2, 0.25) is 0 Å². The largest absolute Gasteiger partial charge is 0.341 e. The second-order valence-electron chi connectivity index (χ2n) is 5.03. The summed E-state index contributed by atoms with van der Waals surface area (Å²) in [6.45, 7) is 6.78. The molecule has 0 saturated carbocycles. The van der Waals surface area contributed by atoms with Gasteiger partial charge in [0.1, 0.15) is 0 Å². The summed E-state index contributed by atoms with van der Waals surface area (Å²) in [7, 11) is 1.50. The summed E-state index contributed by atoms with van der Waals surface area (Å²) in [6.07, 6.45) is 3.35. The Hall–Kier alpha value is -1.14. The quantitative estimate of drug-likeness (QED) is 0.671. The Bertz CT molecular complexity index is 309. The molecule has 0 spiro atoms. The third kappa shape index (κ3) is 5.16. The molecule has 0 aliphatic carbocycles. The highest BCUT2D eigenvalue weighted by atomic mass is 16.2. The van der Waals surface area contributed by atoms with Crippen molar-refractivity contribution >= 4 is 11.9 Å². The molecule has 0 aromatic carbocycles. The van der Waals surface area contributed by atoms with Crippen molar-refractivity contribution in [1.29, 1.82) is 0 Å². The van der Waals surface area contributed by atoms with Gasteiger partial charge in [-0.05, 0) is 39.3 Å². The van der Waals surface area contributed by atoms with E-state index in [0.29, 0.717) is 6.04 Å². The molecule has 2 unspecified atom stereocenters. The normalized spacial score (nSPS) is 21.7. The molecule has 1 heterocycles. The Balaban J connectivity index is 2.44. The molecule has 6 heteroatoms. The first-order valence-electron chi connectivity index (χ1n) is 7.08. The first-order valence-corrected chi connectivity index (χ1v) is 7.08. The minimum absolute atomic E-state index is 0.240. The van der Waals surface area contributed by atoms with E-state index in [1.165, 1.54) is 7.05 Å². The van der Waals surface area contributed by atoms with Gasteiger partial charge < -0.3 is 10.6 Å². The molecule has 0 radical (unpaired) electrons. The zero-order chi connectivity index (χ0) is 14.3.